The van der Waals surface area contributed by atoms with E-state index < -0.39 is 10.0 Å². The number of hydrogen-bond acceptors (Lipinski definition) is 3. The Morgan fingerprint density at radius 1 is 0.929 bits per heavy atom. The molecule has 5 nitrogen and oxygen atoms in total. The lowest BCUT2D eigenvalue weighted by Gasteiger charge is -2.22. The van der Waals surface area contributed by atoms with Crippen molar-refractivity contribution in [3.05, 3.63) is 95.0 Å². The third kappa shape index (κ3) is 4.91. The predicted molar refractivity (Wildman–Crippen MR) is 113 cm³/mol. The van der Waals surface area contributed by atoms with Crippen molar-refractivity contribution in [2.24, 2.45) is 0 Å². The molecule has 3 aromatic carbocycles. The van der Waals surface area contributed by atoms with E-state index in [0.29, 0.717) is 22.0 Å². The fraction of sp³-hybridized carbons (Fsp3) is 0.0952. The summed E-state index contributed by atoms with van der Waals surface area (Å²) in [6, 6.07) is 22.7. The van der Waals surface area contributed by atoms with Gasteiger partial charge in [0.05, 0.1) is 29.2 Å². The number of nitrogens with zero attached hydrogens (tertiary/aromatic N) is 1. The first-order valence-corrected chi connectivity index (χ1v) is 10.7. The highest BCUT2D eigenvalue weighted by Gasteiger charge is 2.18. The molecule has 144 valence electrons. The van der Waals surface area contributed by atoms with Gasteiger partial charge in [-0.2, -0.15) is 0 Å². The molecule has 1 N–H and O–H groups in total. The first-order valence-electron chi connectivity index (χ1n) is 8.52. The van der Waals surface area contributed by atoms with Crippen LogP contribution in [-0.2, 0) is 16.6 Å². The normalized spacial score (nSPS) is 11.1. The van der Waals surface area contributed by atoms with Crippen LogP contribution in [-0.4, -0.2) is 20.6 Å². The fourth-order valence-electron chi connectivity index (χ4n) is 2.69. The zero-order chi connectivity index (χ0) is 20.1. The summed E-state index contributed by atoms with van der Waals surface area (Å²) in [7, 11) is -3.49. The van der Waals surface area contributed by atoms with E-state index in [1.165, 1.54) is 4.31 Å². The van der Waals surface area contributed by atoms with Crippen LogP contribution in [0.3, 0.4) is 0 Å². The summed E-state index contributed by atoms with van der Waals surface area (Å²) >= 11 is 6.06. The molecule has 0 fully saturated rings. The van der Waals surface area contributed by atoms with Crippen LogP contribution in [0, 0.1) is 0 Å². The molecule has 0 unspecified atom stereocenters. The summed E-state index contributed by atoms with van der Waals surface area (Å²) in [5, 5.41) is 3.19. The molecule has 0 radical (unpaired) electrons. The van der Waals surface area contributed by atoms with Crippen LogP contribution < -0.4 is 9.62 Å². The van der Waals surface area contributed by atoms with Crippen LogP contribution in [0.25, 0.3) is 0 Å². The van der Waals surface area contributed by atoms with Crippen molar-refractivity contribution in [2.75, 3.05) is 15.9 Å². The summed E-state index contributed by atoms with van der Waals surface area (Å²) in [5.41, 5.74) is 2.27. The Morgan fingerprint density at radius 3 is 2.14 bits per heavy atom. The summed E-state index contributed by atoms with van der Waals surface area (Å²) in [5.74, 6) is -0.325. The number of carbonyl (C=O) groups excluding carboxylic acids is 1. The van der Waals surface area contributed by atoms with Gasteiger partial charge in [-0.1, -0.05) is 54.1 Å². The molecule has 3 aromatic rings. The Morgan fingerprint density at radius 2 is 1.54 bits per heavy atom. The molecule has 3 rings (SSSR count). The van der Waals surface area contributed by atoms with Gasteiger partial charge < -0.3 is 5.32 Å². The van der Waals surface area contributed by atoms with Gasteiger partial charge in [0, 0.05) is 5.56 Å². The molecule has 0 aliphatic rings. The Bertz CT molecular complexity index is 1070. The fourth-order valence-corrected chi connectivity index (χ4v) is 3.76. The van der Waals surface area contributed by atoms with Gasteiger partial charge in [-0.3, -0.25) is 9.10 Å². The van der Waals surface area contributed by atoms with E-state index in [1.807, 2.05) is 30.3 Å². The molecule has 7 heteroatoms. The van der Waals surface area contributed by atoms with E-state index in [9.17, 15) is 13.2 Å². The van der Waals surface area contributed by atoms with E-state index >= 15 is 0 Å². The monoisotopic (exact) mass is 414 g/mol. The molecular weight excluding hydrogens is 396 g/mol. The first-order chi connectivity index (χ1) is 13.3. The van der Waals surface area contributed by atoms with Crippen molar-refractivity contribution in [2.45, 2.75) is 6.54 Å². The number of rotatable bonds is 6. The molecule has 28 heavy (non-hydrogen) atoms. The SMILES string of the molecule is CS(=O)(=O)N(Cc1ccccc1)c1ccc(C(=O)Nc2ccccc2Cl)cc1. The molecule has 0 atom stereocenters. The maximum atomic E-state index is 12.4. The van der Waals surface area contributed by atoms with Gasteiger partial charge in [0.15, 0.2) is 0 Å². The van der Waals surface area contributed by atoms with Crippen molar-refractivity contribution < 1.29 is 13.2 Å². The predicted octanol–water partition coefficient (Wildman–Crippen LogP) is 4.56. The van der Waals surface area contributed by atoms with E-state index in [2.05, 4.69) is 5.32 Å². The minimum absolute atomic E-state index is 0.213. The number of benzene rings is 3. The topological polar surface area (TPSA) is 66.5 Å². The van der Waals surface area contributed by atoms with Crippen molar-refractivity contribution in [3.63, 3.8) is 0 Å². The second-order valence-electron chi connectivity index (χ2n) is 6.24. The van der Waals surface area contributed by atoms with Gasteiger partial charge in [0.25, 0.3) is 5.91 Å². The van der Waals surface area contributed by atoms with Crippen molar-refractivity contribution in [3.8, 4) is 0 Å². The van der Waals surface area contributed by atoms with E-state index in [1.54, 1.807) is 48.5 Å². The molecule has 0 aromatic heterocycles. The first kappa shape index (κ1) is 19.9. The number of anilines is 2. The van der Waals surface area contributed by atoms with Crippen molar-refractivity contribution >= 4 is 38.9 Å². The molecule has 0 spiro atoms. The second-order valence-corrected chi connectivity index (χ2v) is 8.55. The Labute approximate surface area is 169 Å². The van der Waals surface area contributed by atoms with Gasteiger partial charge in [-0.15, -0.1) is 0 Å². The minimum Gasteiger partial charge on any atom is -0.321 e. The maximum absolute atomic E-state index is 12.4. The summed E-state index contributed by atoms with van der Waals surface area (Å²) in [6.07, 6.45) is 1.16. The van der Waals surface area contributed by atoms with Crippen LogP contribution in [0.1, 0.15) is 15.9 Å². The molecule has 0 bridgehead atoms. The Kier molecular flexibility index (Phi) is 6.02. The van der Waals surface area contributed by atoms with Crippen LogP contribution >= 0.6 is 11.6 Å². The maximum Gasteiger partial charge on any atom is 0.255 e. The molecule has 0 aliphatic carbocycles. The quantitative estimate of drug-likeness (QED) is 0.643. The zero-order valence-corrected chi connectivity index (χ0v) is 16.7. The number of sulfonamides is 1. The molecule has 0 saturated carbocycles. The third-order valence-corrected chi connectivity index (χ3v) is 5.58. The zero-order valence-electron chi connectivity index (χ0n) is 15.2. The standard InChI is InChI=1S/C21H19ClN2O3S/c1-28(26,27)24(15-16-7-3-2-4-8-16)18-13-11-17(12-14-18)21(25)23-20-10-6-5-9-19(20)22/h2-14H,15H2,1H3,(H,23,25). The summed E-state index contributed by atoms with van der Waals surface area (Å²) in [6.45, 7) is 0.213. The number of nitrogens with one attached hydrogen (secondary N) is 1. The minimum atomic E-state index is -3.49. The van der Waals surface area contributed by atoms with Crippen molar-refractivity contribution in [1.29, 1.82) is 0 Å². The molecular formula is C21H19ClN2O3S. The smallest absolute Gasteiger partial charge is 0.255 e. The van der Waals surface area contributed by atoms with Gasteiger partial charge in [0.2, 0.25) is 10.0 Å². The Hall–Kier alpha value is -2.83. The lowest BCUT2D eigenvalue weighted by Crippen LogP contribution is -2.29. The molecule has 0 saturated heterocycles. The number of amides is 1. The number of carbonyl (C=O) groups is 1. The molecule has 1 amide bonds. The van der Waals surface area contributed by atoms with Gasteiger partial charge in [-0.05, 0) is 42.0 Å². The Balaban J connectivity index is 1.81. The largest absolute Gasteiger partial charge is 0.321 e. The highest BCUT2D eigenvalue weighted by Crippen LogP contribution is 2.23. The van der Waals surface area contributed by atoms with E-state index in [0.717, 1.165) is 11.8 Å². The van der Waals surface area contributed by atoms with Crippen molar-refractivity contribution in [1.82, 2.24) is 0 Å². The second kappa shape index (κ2) is 8.46. The highest BCUT2D eigenvalue weighted by atomic mass is 35.5. The lowest BCUT2D eigenvalue weighted by molar-refractivity contribution is 0.102. The van der Waals surface area contributed by atoms with Crippen LogP contribution in [0.15, 0.2) is 78.9 Å². The number of para-hydroxylation sites is 1. The van der Waals surface area contributed by atoms with Crippen LogP contribution in [0.4, 0.5) is 11.4 Å². The lowest BCUT2D eigenvalue weighted by atomic mass is 10.1. The van der Waals surface area contributed by atoms with Crippen LogP contribution in [0.5, 0.6) is 0 Å². The highest BCUT2D eigenvalue weighted by molar-refractivity contribution is 7.92. The third-order valence-electron chi connectivity index (χ3n) is 4.11. The summed E-state index contributed by atoms with van der Waals surface area (Å²) in [4.78, 5) is 12.4. The average Bonchev–Trinajstić information content (AvgIpc) is 2.68. The van der Waals surface area contributed by atoms with E-state index in [-0.39, 0.29) is 12.5 Å². The number of halogens is 1. The van der Waals surface area contributed by atoms with Gasteiger partial charge in [-0.25, -0.2) is 8.42 Å². The molecule has 0 heterocycles. The van der Waals surface area contributed by atoms with E-state index in [4.69, 9.17) is 11.6 Å². The van der Waals surface area contributed by atoms with Crippen LogP contribution in [0.2, 0.25) is 5.02 Å². The average molecular weight is 415 g/mol. The number of hydrogen-bond donors (Lipinski definition) is 1. The summed E-state index contributed by atoms with van der Waals surface area (Å²) < 4.78 is 25.8. The van der Waals surface area contributed by atoms with Gasteiger partial charge >= 0.3 is 0 Å². The molecule has 0 aliphatic heterocycles. The van der Waals surface area contributed by atoms with Gasteiger partial charge in [0.1, 0.15) is 0 Å².